The van der Waals surface area contributed by atoms with Crippen LogP contribution in [0.4, 0.5) is 0 Å². The largest absolute Gasteiger partial charge is 0.469 e. The van der Waals surface area contributed by atoms with Gasteiger partial charge in [0.25, 0.3) is 0 Å². The fourth-order valence-corrected chi connectivity index (χ4v) is 3.83. The van der Waals surface area contributed by atoms with Crippen molar-refractivity contribution in [3.63, 3.8) is 0 Å². The molecule has 0 amide bonds. The zero-order valence-electron chi connectivity index (χ0n) is 11.4. The molecule has 0 radical (unpaired) electrons. The van der Waals surface area contributed by atoms with Crippen LogP contribution >= 0.6 is 0 Å². The topological polar surface area (TPSA) is 47.6 Å². The second-order valence-corrected chi connectivity index (χ2v) is 6.41. The third-order valence-electron chi connectivity index (χ3n) is 4.41. The first-order valence-corrected chi connectivity index (χ1v) is 6.23. The highest BCUT2D eigenvalue weighted by molar-refractivity contribution is 5.74. The predicted molar refractivity (Wildman–Crippen MR) is 64.7 cm³/mol. The summed E-state index contributed by atoms with van der Waals surface area (Å²) in [5, 5.41) is 3.33. The van der Waals surface area contributed by atoms with Gasteiger partial charge in [-0.05, 0) is 34.1 Å². The van der Waals surface area contributed by atoms with Gasteiger partial charge < -0.3 is 14.8 Å². The summed E-state index contributed by atoms with van der Waals surface area (Å²) in [5.74, 6) is -0.228. The van der Waals surface area contributed by atoms with Crippen LogP contribution in [0, 0.1) is 11.3 Å². The molecular weight excluding hydrogens is 218 g/mol. The molecule has 2 heterocycles. The number of ether oxygens (including phenoxy) is 2. The van der Waals surface area contributed by atoms with Crippen LogP contribution in [0.25, 0.3) is 0 Å². The standard InChI is InChI=1S/C13H23NO3/c1-11(2)7-13(12(3,4)17-11)8-14-6-9(13)10(15)16-5/h9,14H,6-8H2,1-5H3. The smallest absolute Gasteiger partial charge is 0.310 e. The highest BCUT2D eigenvalue weighted by Gasteiger charge is 2.64. The molecule has 1 spiro atoms. The van der Waals surface area contributed by atoms with Gasteiger partial charge in [0.15, 0.2) is 0 Å². The van der Waals surface area contributed by atoms with Gasteiger partial charge in [-0.2, -0.15) is 0 Å². The van der Waals surface area contributed by atoms with Crippen molar-refractivity contribution >= 4 is 5.97 Å². The van der Waals surface area contributed by atoms with Crippen LogP contribution in [-0.2, 0) is 14.3 Å². The summed E-state index contributed by atoms with van der Waals surface area (Å²) < 4.78 is 11.1. The lowest BCUT2D eigenvalue weighted by Crippen LogP contribution is -2.48. The molecule has 2 aliphatic heterocycles. The first kappa shape index (κ1) is 12.8. The van der Waals surface area contributed by atoms with Gasteiger partial charge >= 0.3 is 5.97 Å². The Labute approximate surface area is 103 Å². The first-order chi connectivity index (χ1) is 7.74. The van der Waals surface area contributed by atoms with E-state index in [1.54, 1.807) is 0 Å². The van der Waals surface area contributed by atoms with Crippen LogP contribution in [-0.4, -0.2) is 37.4 Å². The summed E-state index contributed by atoms with van der Waals surface area (Å²) in [6.45, 7) is 9.88. The molecule has 2 atom stereocenters. The molecule has 2 saturated heterocycles. The molecule has 98 valence electrons. The number of hydrogen-bond donors (Lipinski definition) is 1. The third-order valence-corrected chi connectivity index (χ3v) is 4.41. The zero-order valence-corrected chi connectivity index (χ0v) is 11.4. The quantitative estimate of drug-likeness (QED) is 0.704. The van der Waals surface area contributed by atoms with Gasteiger partial charge in [-0.15, -0.1) is 0 Å². The predicted octanol–water partition coefficient (Wildman–Crippen LogP) is 1.34. The number of methoxy groups -OCH3 is 1. The van der Waals surface area contributed by atoms with Gasteiger partial charge in [0.2, 0.25) is 0 Å². The molecule has 0 bridgehead atoms. The van der Waals surface area contributed by atoms with E-state index in [1.807, 2.05) is 0 Å². The Morgan fingerprint density at radius 1 is 1.35 bits per heavy atom. The average Bonchev–Trinajstić information content (AvgIpc) is 2.66. The average molecular weight is 241 g/mol. The van der Waals surface area contributed by atoms with E-state index >= 15 is 0 Å². The molecule has 0 aromatic rings. The van der Waals surface area contributed by atoms with Gasteiger partial charge in [0.05, 0.1) is 24.2 Å². The van der Waals surface area contributed by atoms with Crippen molar-refractivity contribution < 1.29 is 14.3 Å². The number of nitrogens with one attached hydrogen (secondary N) is 1. The lowest BCUT2D eigenvalue weighted by atomic mass is 9.65. The molecule has 0 aromatic carbocycles. The van der Waals surface area contributed by atoms with Crippen molar-refractivity contribution in [1.29, 1.82) is 0 Å². The molecule has 0 aromatic heterocycles. The zero-order chi connectivity index (χ0) is 12.9. The molecular formula is C13H23NO3. The maximum Gasteiger partial charge on any atom is 0.310 e. The molecule has 2 aliphatic rings. The highest BCUT2D eigenvalue weighted by Crippen LogP contribution is 2.56. The lowest BCUT2D eigenvalue weighted by molar-refractivity contribution is -0.154. The molecule has 0 aliphatic carbocycles. The Morgan fingerprint density at radius 2 is 2.00 bits per heavy atom. The van der Waals surface area contributed by atoms with Crippen LogP contribution in [0.1, 0.15) is 34.1 Å². The number of hydrogen-bond acceptors (Lipinski definition) is 4. The summed E-state index contributed by atoms with van der Waals surface area (Å²) in [4.78, 5) is 12.0. The van der Waals surface area contributed by atoms with Crippen molar-refractivity contribution in [1.82, 2.24) is 5.32 Å². The summed E-state index contributed by atoms with van der Waals surface area (Å²) in [6, 6.07) is 0. The van der Waals surface area contributed by atoms with Crippen molar-refractivity contribution in [2.24, 2.45) is 11.3 Å². The lowest BCUT2D eigenvalue weighted by Gasteiger charge is -2.39. The monoisotopic (exact) mass is 241 g/mol. The van der Waals surface area contributed by atoms with E-state index in [0.717, 1.165) is 13.0 Å². The van der Waals surface area contributed by atoms with E-state index < -0.39 is 0 Å². The van der Waals surface area contributed by atoms with Crippen molar-refractivity contribution in [3.8, 4) is 0 Å². The van der Waals surface area contributed by atoms with Crippen LogP contribution < -0.4 is 5.32 Å². The molecule has 4 nitrogen and oxygen atoms in total. The Bertz CT molecular complexity index is 338. The molecule has 2 unspecified atom stereocenters. The second-order valence-electron chi connectivity index (χ2n) is 6.41. The molecule has 17 heavy (non-hydrogen) atoms. The molecule has 0 saturated carbocycles. The SMILES string of the molecule is COC(=O)C1CNCC12CC(C)(C)OC2(C)C. The summed E-state index contributed by atoms with van der Waals surface area (Å²) in [5.41, 5.74) is -0.635. The summed E-state index contributed by atoms with van der Waals surface area (Å²) >= 11 is 0. The third kappa shape index (κ3) is 1.78. The normalized spacial score (nSPS) is 38.5. The summed E-state index contributed by atoms with van der Waals surface area (Å²) in [6.07, 6.45) is 0.889. The number of esters is 1. The highest BCUT2D eigenvalue weighted by atomic mass is 16.5. The first-order valence-electron chi connectivity index (χ1n) is 6.23. The van der Waals surface area contributed by atoms with E-state index in [-0.39, 0.29) is 28.5 Å². The fraction of sp³-hybridized carbons (Fsp3) is 0.923. The molecule has 1 N–H and O–H groups in total. The van der Waals surface area contributed by atoms with Crippen molar-refractivity contribution in [2.75, 3.05) is 20.2 Å². The minimum Gasteiger partial charge on any atom is -0.469 e. The minimum absolute atomic E-state index is 0.107. The van der Waals surface area contributed by atoms with E-state index in [4.69, 9.17) is 9.47 Å². The van der Waals surface area contributed by atoms with E-state index in [0.29, 0.717) is 6.54 Å². The number of carbonyl (C=O) groups excluding carboxylic acids is 1. The van der Waals surface area contributed by atoms with Crippen LogP contribution in [0.2, 0.25) is 0 Å². The van der Waals surface area contributed by atoms with Crippen molar-refractivity contribution in [3.05, 3.63) is 0 Å². The molecule has 2 rings (SSSR count). The van der Waals surface area contributed by atoms with Crippen molar-refractivity contribution in [2.45, 2.75) is 45.3 Å². The van der Waals surface area contributed by atoms with E-state index in [2.05, 4.69) is 33.0 Å². The van der Waals surface area contributed by atoms with E-state index in [9.17, 15) is 4.79 Å². The Kier molecular flexibility index (Phi) is 2.79. The van der Waals surface area contributed by atoms with Crippen LogP contribution in [0.5, 0.6) is 0 Å². The van der Waals surface area contributed by atoms with Gasteiger partial charge in [0, 0.05) is 18.5 Å². The molecule has 2 fully saturated rings. The Hall–Kier alpha value is -0.610. The molecule has 4 heteroatoms. The maximum absolute atomic E-state index is 12.0. The van der Waals surface area contributed by atoms with Gasteiger partial charge in [0.1, 0.15) is 0 Å². The van der Waals surface area contributed by atoms with Gasteiger partial charge in [-0.3, -0.25) is 4.79 Å². The fourth-order valence-electron chi connectivity index (χ4n) is 3.83. The number of carbonyl (C=O) groups is 1. The summed E-state index contributed by atoms with van der Waals surface area (Å²) in [7, 11) is 1.46. The van der Waals surface area contributed by atoms with Gasteiger partial charge in [-0.25, -0.2) is 0 Å². The maximum atomic E-state index is 12.0. The number of rotatable bonds is 1. The Balaban J connectivity index is 2.37. The minimum atomic E-state index is -0.307. The van der Waals surface area contributed by atoms with Gasteiger partial charge in [-0.1, -0.05) is 0 Å². The van der Waals surface area contributed by atoms with E-state index in [1.165, 1.54) is 7.11 Å². The van der Waals surface area contributed by atoms with Crippen LogP contribution in [0.3, 0.4) is 0 Å². The van der Waals surface area contributed by atoms with Crippen LogP contribution in [0.15, 0.2) is 0 Å². The Morgan fingerprint density at radius 3 is 2.47 bits per heavy atom. The second kappa shape index (κ2) is 3.69.